The van der Waals surface area contributed by atoms with Crippen LogP contribution in [0.25, 0.3) is 21.8 Å². The Bertz CT molecular complexity index is 1970. The Kier molecular flexibility index (Phi) is 9.35. The van der Waals surface area contributed by atoms with Crippen molar-refractivity contribution in [3.63, 3.8) is 0 Å². The number of ether oxygens (including phenoxy) is 2. The van der Waals surface area contributed by atoms with E-state index in [0.29, 0.717) is 42.4 Å². The first kappa shape index (κ1) is 35.2. The van der Waals surface area contributed by atoms with E-state index in [2.05, 4.69) is 30.7 Å². The summed E-state index contributed by atoms with van der Waals surface area (Å²) in [7, 11) is 0. The monoisotopic (exact) mass is 704 g/mol. The fraction of sp³-hybridized carbons (Fsp3) is 0.545. The minimum Gasteiger partial charge on any atom is -0.462 e. The second-order valence-electron chi connectivity index (χ2n) is 17.0. The third-order valence-corrected chi connectivity index (χ3v) is 14.5. The van der Waals surface area contributed by atoms with Crippen LogP contribution in [0.15, 0.2) is 73.1 Å². The number of aliphatic hydroxyl groups excluding tert-OH is 2. The lowest BCUT2D eigenvalue weighted by atomic mass is 9.43. The number of hydrogen-bond acceptors (Lipinski definition) is 8. The summed E-state index contributed by atoms with van der Waals surface area (Å²) in [4.78, 5) is 34.8. The van der Waals surface area contributed by atoms with Gasteiger partial charge in [-0.15, -0.1) is 0 Å². The Morgan fingerprint density at radius 2 is 1.50 bits per heavy atom. The molecule has 0 saturated heterocycles. The highest BCUT2D eigenvalue weighted by Gasteiger charge is 2.65. The number of para-hydroxylation sites is 2. The second-order valence-corrected chi connectivity index (χ2v) is 17.0. The summed E-state index contributed by atoms with van der Waals surface area (Å²) < 4.78 is 11.8. The summed E-state index contributed by atoms with van der Waals surface area (Å²) in [5.74, 6) is 0.887. The molecule has 4 aliphatic carbocycles. The molecule has 0 aliphatic heterocycles. The van der Waals surface area contributed by atoms with Crippen molar-refractivity contribution >= 4 is 33.7 Å². The van der Waals surface area contributed by atoms with Gasteiger partial charge >= 0.3 is 11.9 Å². The molecule has 8 nitrogen and oxygen atoms in total. The minimum absolute atomic E-state index is 0.0201. The number of benzene rings is 2. The molecule has 0 radical (unpaired) electrons. The number of rotatable bonds is 8. The van der Waals surface area contributed by atoms with Gasteiger partial charge < -0.3 is 19.7 Å². The molecule has 2 heterocycles. The Hall–Kier alpha value is -3.88. The van der Waals surface area contributed by atoms with E-state index in [1.807, 2.05) is 60.7 Å². The highest BCUT2D eigenvalue weighted by atomic mass is 16.5. The van der Waals surface area contributed by atoms with Crippen molar-refractivity contribution in [2.45, 2.75) is 96.9 Å². The molecule has 2 N–H and O–H groups in total. The van der Waals surface area contributed by atoms with Crippen LogP contribution in [0.1, 0.15) is 99.3 Å². The van der Waals surface area contributed by atoms with E-state index in [1.165, 1.54) is 0 Å². The molecule has 4 fully saturated rings. The maximum atomic E-state index is 13.2. The Labute approximate surface area is 306 Å². The number of fused-ring (bicyclic) bond motifs is 7. The third-order valence-electron chi connectivity index (χ3n) is 14.5. The van der Waals surface area contributed by atoms with Gasteiger partial charge in [0.2, 0.25) is 0 Å². The van der Waals surface area contributed by atoms with E-state index in [1.54, 1.807) is 12.4 Å². The zero-order chi connectivity index (χ0) is 36.2. The molecular formula is C44H52N2O6. The van der Waals surface area contributed by atoms with Crippen molar-refractivity contribution < 1.29 is 29.3 Å². The molecule has 8 heteroatoms. The van der Waals surface area contributed by atoms with Gasteiger partial charge in [0, 0.05) is 23.2 Å². The van der Waals surface area contributed by atoms with Crippen molar-refractivity contribution in [2.75, 3.05) is 6.61 Å². The predicted molar refractivity (Wildman–Crippen MR) is 199 cm³/mol. The topological polar surface area (TPSA) is 119 Å². The highest BCUT2D eigenvalue weighted by molar-refractivity contribution is 5.94. The number of aliphatic hydroxyl groups is 2. The summed E-state index contributed by atoms with van der Waals surface area (Å²) in [6.07, 6.45) is 9.72. The maximum Gasteiger partial charge on any atom is 0.339 e. The van der Waals surface area contributed by atoms with E-state index in [9.17, 15) is 19.8 Å². The van der Waals surface area contributed by atoms with Crippen LogP contribution in [0.5, 0.6) is 0 Å². The van der Waals surface area contributed by atoms with E-state index in [0.717, 1.165) is 66.8 Å². The summed E-state index contributed by atoms with van der Waals surface area (Å²) >= 11 is 0. The number of carbonyl (C=O) groups excluding carboxylic acids is 2. The van der Waals surface area contributed by atoms with Gasteiger partial charge in [0.1, 0.15) is 6.10 Å². The molecule has 0 spiro atoms. The summed E-state index contributed by atoms with van der Waals surface area (Å²) in [5.41, 5.74) is 2.35. The number of esters is 2. The van der Waals surface area contributed by atoms with Gasteiger partial charge in [-0.2, -0.15) is 0 Å². The van der Waals surface area contributed by atoms with E-state index in [4.69, 9.17) is 9.47 Å². The highest BCUT2D eigenvalue weighted by Crippen LogP contribution is 2.68. The van der Waals surface area contributed by atoms with Gasteiger partial charge in [0.05, 0.1) is 41.0 Å². The molecule has 2 aromatic carbocycles. The lowest BCUT2D eigenvalue weighted by molar-refractivity contribution is -0.207. The van der Waals surface area contributed by atoms with Crippen LogP contribution in [0.4, 0.5) is 0 Å². The lowest BCUT2D eigenvalue weighted by Gasteiger charge is -2.63. The number of aromatic nitrogens is 2. The molecule has 2 aromatic heterocycles. The third kappa shape index (κ3) is 6.09. The minimum atomic E-state index is -0.439. The first-order chi connectivity index (χ1) is 25.1. The SMILES string of the molecule is CC(CCCOC(=O)c1cnc2ccccc2c1)C1CC[C@H]2[C@@H]3[C@H](O)CC4C[C@H](OC(=O)c5cnc6ccccc6c5)CC[C@]4(C)[C@H]3C[C@H](O)[C@]12C. The van der Waals surface area contributed by atoms with Crippen LogP contribution in [-0.2, 0) is 9.47 Å². The van der Waals surface area contributed by atoms with Crippen molar-refractivity contribution in [1.82, 2.24) is 9.97 Å². The van der Waals surface area contributed by atoms with Gasteiger partial charge in [-0.25, -0.2) is 9.59 Å². The Balaban J connectivity index is 0.882. The zero-order valence-corrected chi connectivity index (χ0v) is 30.6. The first-order valence-electron chi connectivity index (χ1n) is 19.5. The Morgan fingerprint density at radius 3 is 2.19 bits per heavy atom. The molecule has 0 amide bonds. The van der Waals surface area contributed by atoms with Crippen LogP contribution >= 0.6 is 0 Å². The van der Waals surface area contributed by atoms with Gasteiger partial charge in [0.25, 0.3) is 0 Å². The maximum absolute atomic E-state index is 13.2. The van der Waals surface area contributed by atoms with Crippen molar-refractivity contribution in [3.8, 4) is 0 Å². The largest absolute Gasteiger partial charge is 0.462 e. The normalized spacial score (nSPS) is 34.6. The zero-order valence-electron chi connectivity index (χ0n) is 30.6. The molecule has 0 bridgehead atoms. The number of hydrogen-bond donors (Lipinski definition) is 2. The number of pyridine rings is 2. The second kappa shape index (κ2) is 13.8. The van der Waals surface area contributed by atoms with Crippen molar-refractivity contribution in [1.29, 1.82) is 0 Å². The van der Waals surface area contributed by atoms with E-state index < -0.39 is 12.2 Å². The fourth-order valence-electron chi connectivity index (χ4n) is 11.7. The molecule has 3 unspecified atom stereocenters. The lowest BCUT2D eigenvalue weighted by Crippen LogP contribution is -2.62. The molecular weight excluding hydrogens is 652 g/mol. The average Bonchev–Trinajstić information content (AvgIpc) is 3.52. The van der Waals surface area contributed by atoms with Gasteiger partial charge in [0.15, 0.2) is 0 Å². The van der Waals surface area contributed by atoms with Crippen molar-refractivity contribution in [2.24, 2.45) is 46.3 Å². The van der Waals surface area contributed by atoms with Crippen LogP contribution in [0.2, 0.25) is 0 Å². The molecule has 4 aliphatic rings. The smallest absolute Gasteiger partial charge is 0.339 e. The van der Waals surface area contributed by atoms with Gasteiger partial charge in [-0.3, -0.25) is 9.97 Å². The number of nitrogens with zero attached hydrogens (tertiary/aromatic N) is 2. The first-order valence-corrected chi connectivity index (χ1v) is 19.5. The van der Waals surface area contributed by atoms with Crippen LogP contribution in [-0.4, -0.2) is 57.0 Å². The predicted octanol–water partition coefficient (Wildman–Crippen LogP) is 8.18. The van der Waals surface area contributed by atoms with E-state index >= 15 is 0 Å². The molecule has 11 atom stereocenters. The molecule has 52 heavy (non-hydrogen) atoms. The van der Waals surface area contributed by atoms with Gasteiger partial charge in [-0.1, -0.05) is 57.2 Å². The van der Waals surface area contributed by atoms with Crippen LogP contribution in [0.3, 0.4) is 0 Å². The van der Waals surface area contributed by atoms with Crippen molar-refractivity contribution in [3.05, 3.63) is 84.2 Å². The summed E-state index contributed by atoms with van der Waals surface area (Å²) in [6.45, 7) is 7.31. The summed E-state index contributed by atoms with van der Waals surface area (Å²) in [6, 6.07) is 19.2. The fourth-order valence-corrected chi connectivity index (χ4v) is 11.7. The summed E-state index contributed by atoms with van der Waals surface area (Å²) in [5, 5.41) is 25.8. The molecule has 4 aromatic rings. The quantitative estimate of drug-likeness (QED) is 0.139. The van der Waals surface area contributed by atoms with Gasteiger partial charge in [-0.05, 0) is 128 Å². The van der Waals surface area contributed by atoms with Crippen LogP contribution < -0.4 is 0 Å². The number of carbonyl (C=O) groups is 2. The average molecular weight is 705 g/mol. The standard InChI is InChI=1S/C44H52N2O6/c1-26(9-8-18-51-41(49)29-19-27-10-4-6-12-36(27)45-24-29)33-14-15-34-40-35(23-39(48)44(33,34)3)43(2)17-16-32(21-31(43)22-38(40)47)52-42(50)30-20-28-11-5-7-13-37(28)46-25-30/h4-7,10-13,19-20,24-26,31-35,38-40,47-48H,8-9,14-18,21-23H2,1-3H3/t26?,31?,32-,33?,34+,35+,38-,39+,40+,43+,44-/m1/s1. The van der Waals surface area contributed by atoms with Crippen LogP contribution in [0, 0.1) is 46.3 Å². The molecule has 8 rings (SSSR count). The van der Waals surface area contributed by atoms with E-state index in [-0.39, 0.29) is 52.5 Å². The molecule has 4 saturated carbocycles. The Morgan fingerprint density at radius 1 is 0.846 bits per heavy atom. The molecule has 274 valence electrons.